The third-order valence-electron chi connectivity index (χ3n) is 2.69. The minimum atomic E-state index is -0.577. The Labute approximate surface area is 126 Å². The first-order chi connectivity index (χ1) is 9.86. The number of ether oxygens (including phenoxy) is 1. The Bertz CT molecular complexity index is 654. The minimum absolute atomic E-state index is 0.179. The van der Waals surface area contributed by atoms with E-state index in [2.05, 4.69) is 4.99 Å². The number of fused-ring (bicyclic) bond motifs is 1. The predicted molar refractivity (Wildman–Crippen MR) is 79.6 cm³/mol. The van der Waals surface area contributed by atoms with Crippen molar-refractivity contribution < 1.29 is 19.1 Å². The number of esters is 1. The Morgan fingerprint density at radius 1 is 1.33 bits per heavy atom. The van der Waals surface area contributed by atoms with Crippen LogP contribution in [0.1, 0.15) is 19.4 Å². The van der Waals surface area contributed by atoms with Crippen molar-refractivity contribution in [2.45, 2.75) is 20.8 Å². The van der Waals surface area contributed by atoms with Crippen molar-refractivity contribution >= 4 is 39.6 Å². The number of rotatable bonds is 0. The third kappa shape index (κ3) is 3.69. The van der Waals surface area contributed by atoms with Crippen molar-refractivity contribution in [3.8, 4) is 5.75 Å². The molecule has 0 aromatic heterocycles. The summed E-state index contributed by atoms with van der Waals surface area (Å²) in [6, 6.07) is 5.17. The van der Waals surface area contributed by atoms with Crippen LogP contribution >= 0.6 is 11.8 Å². The summed E-state index contributed by atoms with van der Waals surface area (Å²) < 4.78 is 5.19. The molecule has 6 nitrogen and oxygen atoms in total. The van der Waals surface area contributed by atoms with E-state index < -0.39 is 5.97 Å². The third-order valence-corrected chi connectivity index (χ3v) is 3.47. The first kappa shape index (κ1) is 15.2. The van der Waals surface area contributed by atoms with Gasteiger partial charge in [-0.05, 0) is 36.4 Å². The highest BCUT2D eigenvalue weighted by molar-refractivity contribution is 8.26. The number of amidine groups is 1. The molecule has 0 unspecified atom stereocenters. The summed E-state index contributed by atoms with van der Waals surface area (Å²) in [6.45, 7) is 4.28. The molecule has 0 radical (unpaired) electrons. The van der Waals surface area contributed by atoms with Gasteiger partial charge in [0.1, 0.15) is 12.2 Å². The van der Waals surface area contributed by atoms with E-state index in [0.29, 0.717) is 11.4 Å². The van der Waals surface area contributed by atoms with E-state index in [0.717, 1.165) is 22.2 Å². The summed E-state index contributed by atoms with van der Waals surface area (Å²) in [7, 11) is 0. The molecule has 1 aliphatic heterocycles. The van der Waals surface area contributed by atoms with Crippen LogP contribution in [0.4, 0.5) is 5.69 Å². The molecular weight excluding hydrogens is 292 g/mol. The molecule has 21 heavy (non-hydrogen) atoms. The van der Waals surface area contributed by atoms with E-state index in [1.165, 1.54) is 13.8 Å². The molecule has 1 heterocycles. The van der Waals surface area contributed by atoms with E-state index in [-0.39, 0.29) is 22.7 Å². The molecule has 1 amide bonds. The lowest BCUT2D eigenvalue weighted by molar-refractivity contribution is -0.139. The highest BCUT2D eigenvalue weighted by Gasteiger charge is 2.26. The van der Waals surface area contributed by atoms with Crippen molar-refractivity contribution in [3.63, 3.8) is 0 Å². The second-order valence-corrected chi connectivity index (χ2v) is 5.68. The average Bonchev–Trinajstić information content (AvgIpc) is 2.36. The Kier molecular flexibility index (Phi) is 4.42. The molecule has 0 atom stereocenters. The molecule has 0 aliphatic carbocycles. The normalized spacial score (nSPS) is 14.5. The van der Waals surface area contributed by atoms with Gasteiger partial charge in [0.2, 0.25) is 5.91 Å². The van der Waals surface area contributed by atoms with E-state index in [9.17, 15) is 14.4 Å². The standard InChI is InChI=1S/C14H14N2O4S/c1-8-4-5-12-11(6-8)15-14(21-10(3)18)16(9(2)17)7-13(19)20-12/h4-6H,7H2,1-3H3. The van der Waals surface area contributed by atoms with Crippen molar-refractivity contribution in [2.75, 3.05) is 6.54 Å². The highest BCUT2D eigenvalue weighted by atomic mass is 32.2. The van der Waals surface area contributed by atoms with Crippen molar-refractivity contribution in [3.05, 3.63) is 23.8 Å². The molecule has 0 bridgehead atoms. The smallest absolute Gasteiger partial charge is 0.331 e. The van der Waals surface area contributed by atoms with Crippen LogP contribution in [0.2, 0.25) is 0 Å². The number of carbonyl (C=O) groups excluding carboxylic acids is 3. The zero-order valence-electron chi connectivity index (χ0n) is 11.9. The summed E-state index contributed by atoms with van der Waals surface area (Å²) in [6.07, 6.45) is 0. The average molecular weight is 306 g/mol. The van der Waals surface area contributed by atoms with Gasteiger partial charge in [-0.3, -0.25) is 14.5 Å². The van der Waals surface area contributed by atoms with Gasteiger partial charge in [-0.1, -0.05) is 6.07 Å². The number of aryl methyl sites for hydroxylation is 1. The van der Waals surface area contributed by atoms with Crippen LogP contribution in [-0.2, 0) is 14.4 Å². The summed E-state index contributed by atoms with van der Waals surface area (Å²) in [5.74, 6) is -0.641. The number of thioether (sulfide) groups is 1. The lowest BCUT2D eigenvalue weighted by Crippen LogP contribution is -2.40. The van der Waals surface area contributed by atoms with E-state index in [1.807, 2.05) is 6.92 Å². The fourth-order valence-electron chi connectivity index (χ4n) is 1.77. The Balaban J connectivity index is 2.57. The maximum absolute atomic E-state index is 11.9. The fourth-order valence-corrected chi connectivity index (χ4v) is 2.47. The van der Waals surface area contributed by atoms with Crippen LogP contribution in [0, 0.1) is 6.92 Å². The zero-order chi connectivity index (χ0) is 15.6. The molecule has 0 saturated carbocycles. The molecule has 1 aromatic rings. The van der Waals surface area contributed by atoms with E-state index in [1.54, 1.807) is 18.2 Å². The van der Waals surface area contributed by atoms with Gasteiger partial charge >= 0.3 is 5.97 Å². The van der Waals surface area contributed by atoms with Gasteiger partial charge in [0.25, 0.3) is 0 Å². The Hall–Kier alpha value is -2.15. The number of aliphatic imine (C=N–C) groups is 1. The molecule has 0 saturated heterocycles. The van der Waals surface area contributed by atoms with E-state index >= 15 is 0 Å². The zero-order valence-corrected chi connectivity index (χ0v) is 12.7. The molecule has 0 N–H and O–H groups in total. The van der Waals surface area contributed by atoms with Gasteiger partial charge in [-0.2, -0.15) is 0 Å². The summed E-state index contributed by atoms with van der Waals surface area (Å²) in [5.41, 5.74) is 1.34. The first-order valence-corrected chi connectivity index (χ1v) is 7.05. The maximum Gasteiger partial charge on any atom is 0.331 e. The lowest BCUT2D eigenvalue weighted by Gasteiger charge is -2.23. The first-order valence-electron chi connectivity index (χ1n) is 6.23. The van der Waals surface area contributed by atoms with E-state index in [4.69, 9.17) is 4.74 Å². The quantitative estimate of drug-likeness (QED) is 0.541. The lowest BCUT2D eigenvalue weighted by atomic mass is 10.2. The van der Waals surface area contributed by atoms with Crippen LogP contribution in [-0.4, -0.2) is 33.6 Å². The number of amides is 1. The van der Waals surface area contributed by atoms with Crippen LogP contribution in [0.25, 0.3) is 0 Å². The van der Waals surface area contributed by atoms with Crippen molar-refractivity contribution in [1.29, 1.82) is 0 Å². The second kappa shape index (κ2) is 6.09. The van der Waals surface area contributed by atoms with Gasteiger partial charge in [-0.15, -0.1) is 0 Å². The monoisotopic (exact) mass is 306 g/mol. The molecule has 7 heteroatoms. The van der Waals surface area contributed by atoms with Crippen LogP contribution < -0.4 is 4.74 Å². The summed E-state index contributed by atoms with van der Waals surface area (Å²) in [4.78, 5) is 40.4. The highest BCUT2D eigenvalue weighted by Crippen LogP contribution is 2.32. The SMILES string of the molecule is CC(=O)SC1=Nc2cc(C)ccc2OC(=O)CN1C(C)=O. The number of carbonyl (C=O) groups is 3. The number of hydrogen-bond acceptors (Lipinski definition) is 6. The molecule has 0 spiro atoms. The largest absolute Gasteiger partial charge is 0.423 e. The van der Waals surface area contributed by atoms with Gasteiger partial charge < -0.3 is 4.74 Å². The summed E-state index contributed by atoms with van der Waals surface area (Å²) in [5, 5.41) is -0.0401. The molecular formula is C14H14N2O4S. The molecule has 2 rings (SSSR count). The van der Waals surface area contributed by atoms with Crippen LogP contribution in [0.5, 0.6) is 5.75 Å². The number of benzene rings is 1. The molecule has 1 aliphatic rings. The van der Waals surface area contributed by atoms with Gasteiger partial charge in [-0.25, -0.2) is 9.79 Å². The second-order valence-electron chi connectivity index (χ2n) is 4.54. The molecule has 110 valence electrons. The molecule has 0 fully saturated rings. The van der Waals surface area contributed by atoms with Gasteiger partial charge in [0.05, 0.1) is 0 Å². The Morgan fingerprint density at radius 2 is 2.05 bits per heavy atom. The van der Waals surface area contributed by atoms with Crippen LogP contribution in [0.3, 0.4) is 0 Å². The van der Waals surface area contributed by atoms with Gasteiger partial charge in [0, 0.05) is 13.8 Å². The summed E-state index contributed by atoms with van der Waals surface area (Å²) >= 11 is 0.814. The minimum Gasteiger partial charge on any atom is -0.423 e. The molecule has 1 aromatic carbocycles. The topological polar surface area (TPSA) is 76.0 Å². The predicted octanol–water partition coefficient (Wildman–Crippen LogP) is 2.03. The maximum atomic E-state index is 11.9. The number of nitrogens with zero attached hydrogens (tertiary/aromatic N) is 2. The fraction of sp³-hybridized carbons (Fsp3) is 0.286. The van der Waals surface area contributed by atoms with Crippen molar-refractivity contribution in [2.24, 2.45) is 4.99 Å². The van der Waals surface area contributed by atoms with Crippen LogP contribution in [0.15, 0.2) is 23.2 Å². The van der Waals surface area contributed by atoms with Gasteiger partial charge in [0.15, 0.2) is 16.0 Å². The Morgan fingerprint density at radius 3 is 2.67 bits per heavy atom. The number of hydrogen-bond donors (Lipinski definition) is 0. The van der Waals surface area contributed by atoms with Crippen molar-refractivity contribution in [1.82, 2.24) is 4.90 Å².